The molecule has 19 heavy (non-hydrogen) atoms. The molecular formula is C16H26N2O. The number of nitrogens with two attached hydrogens (primary N) is 1. The van der Waals surface area contributed by atoms with Gasteiger partial charge in [-0.25, -0.2) is 0 Å². The van der Waals surface area contributed by atoms with Gasteiger partial charge in [-0.2, -0.15) is 0 Å². The van der Waals surface area contributed by atoms with E-state index in [1.807, 2.05) is 0 Å². The molecule has 1 fully saturated rings. The third-order valence-corrected chi connectivity index (χ3v) is 3.90. The van der Waals surface area contributed by atoms with Crippen molar-refractivity contribution in [2.45, 2.75) is 57.6 Å². The fourth-order valence-corrected chi connectivity index (χ4v) is 2.61. The summed E-state index contributed by atoms with van der Waals surface area (Å²) in [6.45, 7) is 7.58. The second-order valence-corrected chi connectivity index (χ2v) is 6.46. The summed E-state index contributed by atoms with van der Waals surface area (Å²) < 4.78 is 5.69. The van der Waals surface area contributed by atoms with E-state index in [1.54, 1.807) is 0 Å². The molecule has 3 N–H and O–H groups in total. The van der Waals surface area contributed by atoms with Crippen molar-refractivity contribution in [2.75, 3.05) is 6.61 Å². The Kier molecular flexibility index (Phi) is 4.61. The Balaban J connectivity index is 2.05. The minimum Gasteiger partial charge on any atom is -0.378 e. The normalized spacial score (nSPS) is 21.6. The van der Waals surface area contributed by atoms with E-state index in [0.29, 0.717) is 6.10 Å². The SMILES string of the molecule is CC(C)(C)c1ccc(C(CC2CCCO2)NN)cc1. The van der Waals surface area contributed by atoms with E-state index in [-0.39, 0.29) is 11.5 Å². The molecule has 0 radical (unpaired) electrons. The van der Waals surface area contributed by atoms with Gasteiger partial charge in [0.15, 0.2) is 0 Å². The van der Waals surface area contributed by atoms with Crippen molar-refractivity contribution in [1.29, 1.82) is 0 Å². The third kappa shape index (κ3) is 3.78. The molecule has 1 aromatic rings. The Hall–Kier alpha value is -0.900. The first-order chi connectivity index (χ1) is 9.00. The second-order valence-electron chi connectivity index (χ2n) is 6.46. The van der Waals surface area contributed by atoms with Gasteiger partial charge in [-0.1, -0.05) is 45.0 Å². The lowest BCUT2D eigenvalue weighted by molar-refractivity contribution is 0.0946. The van der Waals surface area contributed by atoms with Gasteiger partial charge in [-0.3, -0.25) is 11.3 Å². The maximum Gasteiger partial charge on any atom is 0.0594 e. The summed E-state index contributed by atoms with van der Waals surface area (Å²) in [6.07, 6.45) is 3.62. The van der Waals surface area contributed by atoms with Crippen LogP contribution in [0.25, 0.3) is 0 Å². The van der Waals surface area contributed by atoms with E-state index >= 15 is 0 Å². The zero-order valence-electron chi connectivity index (χ0n) is 12.3. The Morgan fingerprint density at radius 2 is 2.00 bits per heavy atom. The molecule has 2 atom stereocenters. The number of ether oxygens (including phenoxy) is 1. The quantitative estimate of drug-likeness (QED) is 0.647. The number of benzene rings is 1. The summed E-state index contributed by atoms with van der Waals surface area (Å²) in [4.78, 5) is 0. The van der Waals surface area contributed by atoms with Crippen molar-refractivity contribution in [3.8, 4) is 0 Å². The number of hydrogen-bond donors (Lipinski definition) is 2. The van der Waals surface area contributed by atoms with E-state index in [0.717, 1.165) is 19.4 Å². The average Bonchev–Trinajstić information content (AvgIpc) is 2.88. The van der Waals surface area contributed by atoms with Crippen LogP contribution in [-0.2, 0) is 10.2 Å². The van der Waals surface area contributed by atoms with Gasteiger partial charge in [0.2, 0.25) is 0 Å². The fourth-order valence-electron chi connectivity index (χ4n) is 2.61. The van der Waals surface area contributed by atoms with Gasteiger partial charge < -0.3 is 4.74 Å². The zero-order chi connectivity index (χ0) is 13.9. The first kappa shape index (κ1) is 14.5. The van der Waals surface area contributed by atoms with E-state index in [9.17, 15) is 0 Å². The summed E-state index contributed by atoms with van der Waals surface area (Å²) in [5.74, 6) is 5.70. The summed E-state index contributed by atoms with van der Waals surface area (Å²) in [5, 5.41) is 0. The molecule has 2 rings (SSSR count). The number of hydrogen-bond acceptors (Lipinski definition) is 3. The van der Waals surface area contributed by atoms with Crippen molar-refractivity contribution in [2.24, 2.45) is 5.84 Å². The summed E-state index contributed by atoms with van der Waals surface area (Å²) in [6, 6.07) is 8.95. The largest absolute Gasteiger partial charge is 0.378 e. The molecular weight excluding hydrogens is 236 g/mol. The highest BCUT2D eigenvalue weighted by atomic mass is 16.5. The van der Waals surface area contributed by atoms with Crippen LogP contribution in [0.2, 0.25) is 0 Å². The van der Waals surface area contributed by atoms with Crippen molar-refractivity contribution >= 4 is 0 Å². The highest BCUT2D eigenvalue weighted by Crippen LogP contribution is 2.27. The first-order valence-electron chi connectivity index (χ1n) is 7.19. The van der Waals surface area contributed by atoms with Gasteiger partial charge in [-0.15, -0.1) is 0 Å². The molecule has 0 spiro atoms. The molecule has 1 heterocycles. The number of nitrogens with one attached hydrogen (secondary N) is 1. The zero-order valence-corrected chi connectivity index (χ0v) is 12.3. The summed E-state index contributed by atoms with van der Waals surface area (Å²) in [5.41, 5.74) is 5.71. The average molecular weight is 262 g/mol. The third-order valence-electron chi connectivity index (χ3n) is 3.90. The number of hydrazine groups is 1. The highest BCUT2D eigenvalue weighted by Gasteiger charge is 2.21. The predicted molar refractivity (Wildman–Crippen MR) is 78.8 cm³/mol. The van der Waals surface area contributed by atoms with Crippen molar-refractivity contribution in [3.63, 3.8) is 0 Å². The molecule has 0 aromatic heterocycles. The van der Waals surface area contributed by atoms with Gasteiger partial charge in [0.1, 0.15) is 0 Å². The fraction of sp³-hybridized carbons (Fsp3) is 0.625. The van der Waals surface area contributed by atoms with Crippen molar-refractivity contribution < 1.29 is 4.74 Å². The Bertz CT molecular complexity index is 388. The molecule has 0 bridgehead atoms. The lowest BCUT2D eigenvalue weighted by Crippen LogP contribution is -2.31. The summed E-state index contributed by atoms with van der Waals surface area (Å²) in [7, 11) is 0. The van der Waals surface area contributed by atoms with E-state index in [1.165, 1.54) is 17.5 Å². The van der Waals surface area contributed by atoms with Crippen molar-refractivity contribution in [1.82, 2.24) is 5.43 Å². The number of rotatable bonds is 4. The molecule has 1 saturated heterocycles. The van der Waals surface area contributed by atoms with Crippen LogP contribution in [0.3, 0.4) is 0 Å². The molecule has 1 aromatic carbocycles. The maximum absolute atomic E-state index is 5.70. The molecule has 0 aliphatic carbocycles. The Labute approximate surface area is 116 Å². The van der Waals surface area contributed by atoms with Crippen molar-refractivity contribution in [3.05, 3.63) is 35.4 Å². The van der Waals surface area contributed by atoms with Gasteiger partial charge in [0.25, 0.3) is 0 Å². The Morgan fingerprint density at radius 3 is 2.47 bits per heavy atom. The van der Waals surface area contributed by atoms with E-state index < -0.39 is 0 Å². The lowest BCUT2D eigenvalue weighted by Gasteiger charge is -2.22. The maximum atomic E-state index is 5.70. The molecule has 2 unspecified atom stereocenters. The molecule has 0 saturated carbocycles. The van der Waals surface area contributed by atoms with Crippen LogP contribution >= 0.6 is 0 Å². The molecule has 106 valence electrons. The van der Waals surface area contributed by atoms with Crippen LogP contribution in [0.15, 0.2) is 24.3 Å². The topological polar surface area (TPSA) is 47.3 Å². The molecule has 0 amide bonds. The van der Waals surface area contributed by atoms with Gasteiger partial charge >= 0.3 is 0 Å². The molecule has 1 aliphatic rings. The minimum atomic E-state index is 0.178. The van der Waals surface area contributed by atoms with Crippen LogP contribution in [0.4, 0.5) is 0 Å². The smallest absolute Gasteiger partial charge is 0.0594 e. The van der Waals surface area contributed by atoms with Crippen LogP contribution in [0, 0.1) is 0 Å². The standard InChI is InChI=1S/C16H26N2O/c1-16(2,3)13-8-6-12(7-9-13)15(18-17)11-14-5-4-10-19-14/h6-9,14-15,18H,4-5,10-11,17H2,1-3H3. The monoisotopic (exact) mass is 262 g/mol. The van der Waals surface area contributed by atoms with Gasteiger partial charge in [0.05, 0.1) is 6.10 Å². The molecule has 3 heteroatoms. The van der Waals surface area contributed by atoms with Gasteiger partial charge in [-0.05, 0) is 35.8 Å². The van der Waals surface area contributed by atoms with E-state index in [4.69, 9.17) is 10.6 Å². The molecule has 1 aliphatic heterocycles. The van der Waals surface area contributed by atoms with Crippen LogP contribution in [0.5, 0.6) is 0 Å². The highest BCUT2D eigenvalue weighted by molar-refractivity contribution is 5.29. The van der Waals surface area contributed by atoms with Gasteiger partial charge in [0, 0.05) is 12.6 Å². The summed E-state index contributed by atoms with van der Waals surface area (Å²) >= 11 is 0. The van der Waals surface area contributed by atoms with Crippen LogP contribution in [-0.4, -0.2) is 12.7 Å². The van der Waals surface area contributed by atoms with Crippen LogP contribution in [0.1, 0.15) is 57.2 Å². The second kappa shape index (κ2) is 6.04. The lowest BCUT2D eigenvalue weighted by atomic mass is 9.86. The minimum absolute atomic E-state index is 0.178. The van der Waals surface area contributed by atoms with Crippen LogP contribution < -0.4 is 11.3 Å². The Morgan fingerprint density at radius 1 is 1.32 bits per heavy atom. The predicted octanol–water partition coefficient (Wildman–Crippen LogP) is 3.06. The first-order valence-corrected chi connectivity index (χ1v) is 7.19. The molecule has 3 nitrogen and oxygen atoms in total. The van der Waals surface area contributed by atoms with E-state index in [2.05, 4.69) is 50.5 Å².